The number of benzene rings is 2. The van der Waals surface area contributed by atoms with Gasteiger partial charge in [-0.25, -0.2) is 0 Å². The van der Waals surface area contributed by atoms with E-state index in [1.807, 2.05) is 66.8 Å². The molecule has 4 rings (SSSR count). The van der Waals surface area contributed by atoms with E-state index in [0.29, 0.717) is 11.3 Å². The van der Waals surface area contributed by atoms with Crippen LogP contribution in [0.15, 0.2) is 84.2 Å². The lowest BCUT2D eigenvalue weighted by Crippen LogP contribution is -2.22. The molecule has 30 heavy (non-hydrogen) atoms. The van der Waals surface area contributed by atoms with E-state index in [-0.39, 0.29) is 17.0 Å². The number of hydrogen-bond donors (Lipinski definition) is 0. The second-order valence-corrected chi connectivity index (χ2v) is 8.51. The fraction of sp³-hybridized carbons (Fsp3) is 0.185. The Balaban J connectivity index is 1.89. The lowest BCUT2D eigenvalue weighted by atomic mass is 9.75. The van der Waals surface area contributed by atoms with Gasteiger partial charge in [0.1, 0.15) is 0 Å². The Kier molecular flexibility index (Phi) is 4.90. The predicted octanol–water partition coefficient (Wildman–Crippen LogP) is 6.05. The smallest absolute Gasteiger partial charge is 0.228 e. The van der Waals surface area contributed by atoms with Gasteiger partial charge in [-0.15, -0.1) is 0 Å². The zero-order chi connectivity index (χ0) is 21.5. The van der Waals surface area contributed by atoms with E-state index < -0.39 is 0 Å². The van der Waals surface area contributed by atoms with Crippen LogP contribution in [0.5, 0.6) is 0 Å². The third-order valence-electron chi connectivity index (χ3n) is 5.49. The quantitative estimate of drug-likeness (QED) is 0.621. The number of fused-ring (bicyclic) bond motifs is 2. The molecule has 0 radical (unpaired) electrons. The first-order chi connectivity index (χ1) is 14.3. The van der Waals surface area contributed by atoms with Crippen LogP contribution in [-0.2, 0) is 4.74 Å². The number of hydrogen-bond acceptors (Lipinski definition) is 3. The summed E-state index contributed by atoms with van der Waals surface area (Å²) in [5.74, 6) is 0.294. The first-order valence-corrected chi connectivity index (χ1v) is 9.99. The molecule has 3 heteroatoms. The first-order valence-electron chi connectivity index (χ1n) is 9.99. The Morgan fingerprint density at radius 3 is 1.67 bits per heavy atom. The summed E-state index contributed by atoms with van der Waals surface area (Å²) in [6, 6.07) is 15.2. The van der Waals surface area contributed by atoms with Gasteiger partial charge in [0.2, 0.25) is 5.78 Å². The van der Waals surface area contributed by atoms with Crippen molar-refractivity contribution in [3.05, 3.63) is 106 Å². The van der Waals surface area contributed by atoms with Gasteiger partial charge in [0, 0.05) is 16.7 Å². The SMILES string of the molecule is COC1=CC(=CC=C2C=C(C(C)(C)C)C(=O)c3ccccc32)c2ccccc2C1=O. The first kappa shape index (κ1) is 19.8. The fourth-order valence-electron chi connectivity index (χ4n) is 3.89. The van der Waals surface area contributed by atoms with Gasteiger partial charge in [0.25, 0.3) is 0 Å². The molecule has 3 nitrogen and oxygen atoms in total. The van der Waals surface area contributed by atoms with E-state index in [4.69, 9.17) is 4.74 Å². The van der Waals surface area contributed by atoms with E-state index in [2.05, 4.69) is 20.8 Å². The van der Waals surface area contributed by atoms with Crippen molar-refractivity contribution in [1.82, 2.24) is 0 Å². The molecule has 0 bridgehead atoms. The highest BCUT2D eigenvalue weighted by Gasteiger charge is 2.30. The number of methoxy groups -OCH3 is 1. The van der Waals surface area contributed by atoms with Gasteiger partial charge in [0.05, 0.1) is 7.11 Å². The van der Waals surface area contributed by atoms with Crippen LogP contribution in [0.3, 0.4) is 0 Å². The van der Waals surface area contributed by atoms with Gasteiger partial charge >= 0.3 is 0 Å². The van der Waals surface area contributed by atoms with Crippen molar-refractivity contribution < 1.29 is 14.3 Å². The minimum absolute atomic E-state index is 0.0816. The fourth-order valence-corrected chi connectivity index (χ4v) is 3.89. The Bertz CT molecular complexity index is 1180. The molecule has 0 amide bonds. The van der Waals surface area contributed by atoms with E-state index in [0.717, 1.165) is 33.4 Å². The van der Waals surface area contributed by atoms with Crippen LogP contribution in [-0.4, -0.2) is 18.7 Å². The second kappa shape index (κ2) is 7.42. The third-order valence-corrected chi connectivity index (χ3v) is 5.49. The summed E-state index contributed by atoms with van der Waals surface area (Å²) in [7, 11) is 1.51. The lowest BCUT2D eigenvalue weighted by Gasteiger charge is -2.27. The summed E-state index contributed by atoms with van der Waals surface area (Å²) in [6.07, 6.45) is 7.77. The van der Waals surface area contributed by atoms with E-state index in [1.165, 1.54) is 7.11 Å². The summed E-state index contributed by atoms with van der Waals surface area (Å²) >= 11 is 0. The summed E-state index contributed by atoms with van der Waals surface area (Å²) in [6.45, 7) is 6.16. The van der Waals surface area contributed by atoms with Crippen molar-refractivity contribution in [1.29, 1.82) is 0 Å². The van der Waals surface area contributed by atoms with Gasteiger partial charge in [-0.1, -0.05) is 81.5 Å². The molecule has 2 aliphatic carbocycles. The zero-order valence-electron chi connectivity index (χ0n) is 17.7. The summed E-state index contributed by atoms with van der Waals surface area (Å²) in [5, 5.41) is 0. The maximum Gasteiger partial charge on any atom is 0.228 e. The van der Waals surface area contributed by atoms with Gasteiger partial charge in [0.15, 0.2) is 11.5 Å². The molecule has 2 aliphatic rings. The molecular formula is C27H24O3. The Morgan fingerprint density at radius 2 is 1.17 bits per heavy atom. The van der Waals surface area contributed by atoms with Gasteiger partial charge < -0.3 is 4.74 Å². The summed E-state index contributed by atoms with van der Waals surface area (Å²) < 4.78 is 5.31. The highest BCUT2D eigenvalue weighted by molar-refractivity contribution is 6.17. The van der Waals surface area contributed by atoms with Crippen LogP contribution in [0.25, 0.3) is 11.1 Å². The molecule has 0 saturated heterocycles. The predicted molar refractivity (Wildman–Crippen MR) is 120 cm³/mol. The molecule has 0 saturated carbocycles. The largest absolute Gasteiger partial charge is 0.493 e. The van der Waals surface area contributed by atoms with Gasteiger partial charge in [-0.2, -0.15) is 0 Å². The van der Waals surface area contributed by atoms with E-state index in [1.54, 1.807) is 6.08 Å². The maximum absolute atomic E-state index is 13.0. The number of carbonyl (C=O) groups is 2. The number of Topliss-reactive ketones (excluding diaryl/α,β-unsaturated/α-hetero) is 2. The van der Waals surface area contributed by atoms with Crippen LogP contribution < -0.4 is 0 Å². The number of ketones is 2. The summed E-state index contributed by atoms with van der Waals surface area (Å²) in [4.78, 5) is 25.6. The number of rotatable bonds is 2. The van der Waals surface area contributed by atoms with Crippen molar-refractivity contribution in [3.63, 3.8) is 0 Å². The topological polar surface area (TPSA) is 43.4 Å². The number of ether oxygens (including phenoxy) is 1. The van der Waals surface area contributed by atoms with Crippen molar-refractivity contribution >= 4 is 22.7 Å². The third kappa shape index (κ3) is 3.37. The molecule has 150 valence electrons. The Hall–Kier alpha value is -3.46. The lowest BCUT2D eigenvalue weighted by molar-refractivity contribution is 0.0951. The second-order valence-electron chi connectivity index (χ2n) is 8.51. The summed E-state index contributed by atoms with van der Waals surface area (Å²) in [5.41, 5.74) is 5.55. The average Bonchev–Trinajstić information content (AvgIpc) is 2.74. The van der Waals surface area contributed by atoms with Gasteiger partial charge in [-0.05, 0) is 39.8 Å². The molecule has 0 unspecified atom stereocenters. The van der Waals surface area contributed by atoms with Crippen molar-refractivity contribution in [2.24, 2.45) is 5.41 Å². The number of carbonyl (C=O) groups excluding carboxylic acids is 2. The Labute approximate surface area is 177 Å². The van der Waals surface area contributed by atoms with Gasteiger partial charge in [-0.3, -0.25) is 9.59 Å². The van der Waals surface area contributed by atoms with Crippen molar-refractivity contribution in [2.75, 3.05) is 7.11 Å². The van der Waals surface area contributed by atoms with Crippen LogP contribution in [0, 0.1) is 5.41 Å². The van der Waals surface area contributed by atoms with Crippen LogP contribution in [0.2, 0.25) is 0 Å². The molecule has 0 N–H and O–H groups in total. The minimum atomic E-state index is -0.260. The van der Waals surface area contributed by atoms with E-state index >= 15 is 0 Å². The minimum Gasteiger partial charge on any atom is -0.493 e. The van der Waals surface area contributed by atoms with Crippen molar-refractivity contribution in [2.45, 2.75) is 20.8 Å². The monoisotopic (exact) mass is 396 g/mol. The Morgan fingerprint density at radius 1 is 0.700 bits per heavy atom. The highest BCUT2D eigenvalue weighted by Crippen LogP contribution is 2.38. The molecule has 0 atom stereocenters. The number of allylic oxidation sites excluding steroid dienone is 8. The van der Waals surface area contributed by atoms with Crippen LogP contribution in [0.4, 0.5) is 0 Å². The zero-order valence-corrected chi connectivity index (χ0v) is 17.7. The molecule has 0 fully saturated rings. The maximum atomic E-state index is 13.0. The van der Waals surface area contributed by atoms with Crippen LogP contribution in [0.1, 0.15) is 52.6 Å². The average molecular weight is 396 g/mol. The van der Waals surface area contributed by atoms with Crippen LogP contribution >= 0.6 is 0 Å². The normalized spacial score (nSPS) is 18.7. The highest BCUT2D eigenvalue weighted by atomic mass is 16.5. The van der Waals surface area contributed by atoms with Crippen molar-refractivity contribution in [3.8, 4) is 0 Å². The standard InChI is InChI=1S/C27H24O3/c1-27(2,3)23-15-17(19-9-5-7-11-21(19)25(23)28)13-14-18-16-24(30-4)26(29)22-12-8-6-10-20(18)22/h5-16H,1-4H3. The molecule has 0 aliphatic heterocycles. The molecule has 2 aromatic carbocycles. The molecule has 0 spiro atoms. The molecule has 0 heterocycles. The molecule has 0 aromatic heterocycles. The molecule has 2 aromatic rings. The molecular weight excluding hydrogens is 372 g/mol. The van der Waals surface area contributed by atoms with E-state index in [9.17, 15) is 9.59 Å².